The Hall–Kier alpha value is -1.65. The van der Waals surface area contributed by atoms with E-state index in [2.05, 4.69) is 15.5 Å². The van der Waals surface area contributed by atoms with Crippen LogP contribution in [0.15, 0.2) is 12.3 Å². The fourth-order valence-electron chi connectivity index (χ4n) is 2.40. The SMILES string of the molecule is O=C(O)c1ccnnc1NC1CCCCCCC1. The standard InChI is InChI=1S/C13H19N3O2/c17-13(18)11-8-9-14-16-12(11)15-10-6-4-2-1-3-5-7-10/h8-10H,1-7H2,(H,15,16)(H,17,18). The second kappa shape index (κ2) is 6.33. The van der Waals surface area contributed by atoms with Gasteiger partial charge in [0, 0.05) is 6.04 Å². The van der Waals surface area contributed by atoms with E-state index in [-0.39, 0.29) is 5.56 Å². The van der Waals surface area contributed by atoms with Crippen LogP contribution >= 0.6 is 0 Å². The van der Waals surface area contributed by atoms with Crippen molar-refractivity contribution in [2.45, 2.75) is 51.0 Å². The number of hydrogen-bond donors (Lipinski definition) is 2. The van der Waals surface area contributed by atoms with Gasteiger partial charge in [0.1, 0.15) is 5.56 Å². The zero-order valence-corrected chi connectivity index (χ0v) is 10.4. The van der Waals surface area contributed by atoms with Gasteiger partial charge in [-0.15, -0.1) is 5.10 Å². The molecule has 0 unspecified atom stereocenters. The molecule has 0 atom stereocenters. The predicted molar refractivity (Wildman–Crippen MR) is 68.7 cm³/mol. The molecular formula is C13H19N3O2. The summed E-state index contributed by atoms with van der Waals surface area (Å²) in [6.45, 7) is 0. The third-order valence-corrected chi connectivity index (χ3v) is 3.40. The Morgan fingerprint density at radius 2 is 1.89 bits per heavy atom. The Morgan fingerprint density at radius 3 is 2.56 bits per heavy atom. The zero-order chi connectivity index (χ0) is 12.8. The number of anilines is 1. The molecule has 0 radical (unpaired) electrons. The highest BCUT2D eigenvalue weighted by Gasteiger charge is 2.16. The van der Waals surface area contributed by atoms with Crippen molar-refractivity contribution in [2.24, 2.45) is 0 Å². The molecule has 0 saturated heterocycles. The van der Waals surface area contributed by atoms with Crippen molar-refractivity contribution in [3.05, 3.63) is 17.8 Å². The summed E-state index contributed by atoms with van der Waals surface area (Å²) in [4.78, 5) is 11.1. The van der Waals surface area contributed by atoms with E-state index in [1.165, 1.54) is 44.4 Å². The van der Waals surface area contributed by atoms with E-state index in [4.69, 9.17) is 5.11 Å². The van der Waals surface area contributed by atoms with Crippen LogP contribution in [0.1, 0.15) is 55.3 Å². The highest BCUT2D eigenvalue weighted by molar-refractivity contribution is 5.92. The normalized spacial score (nSPS) is 17.8. The Kier molecular flexibility index (Phi) is 4.50. The summed E-state index contributed by atoms with van der Waals surface area (Å²) in [5, 5.41) is 20.0. The van der Waals surface area contributed by atoms with Gasteiger partial charge in [-0.25, -0.2) is 4.79 Å². The number of nitrogens with zero attached hydrogens (tertiary/aromatic N) is 2. The lowest BCUT2D eigenvalue weighted by atomic mass is 9.96. The van der Waals surface area contributed by atoms with E-state index in [0.717, 1.165) is 12.8 Å². The van der Waals surface area contributed by atoms with E-state index in [9.17, 15) is 4.79 Å². The maximum Gasteiger partial charge on any atom is 0.339 e. The summed E-state index contributed by atoms with van der Waals surface area (Å²) in [5.41, 5.74) is 0.201. The number of aromatic nitrogens is 2. The van der Waals surface area contributed by atoms with Crippen LogP contribution in [0.4, 0.5) is 5.82 Å². The Morgan fingerprint density at radius 1 is 1.22 bits per heavy atom. The van der Waals surface area contributed by atoms with E-state index in [0.29, 0.717) is 11.9 Å². The van der Waals surface area contributed by atoms with Crippen molar-refractivity contribution < 1.29 is 9.90 Å². The molecule has 0 amide bonds. The van der Waals surface area contributed by atoms with Crippen molar-refractivity contribution in [1.82, 2.24) is 10.2 Å². The van der Waals surface area contributed by atoms with Crippen LogP contribution in [0.5, 0.6) is 0 Å². The van der Waals surface area contributed by atoms with E-state index in [1.54, 1.807) is 0 Å². The lowest BCUT2D eigenvalue weighted by Gasteiger charge is -2.21. The fourth-order valence-corrected chi connectivity index (χ4v) is 2.40. The molecule has 0 bridgehead atoms. The molecule has 5 nitrogen and oxygen atoms in total. The van der Waals surface area contributed by atoms with Gasteiger partial charge in [0.2, 0.25) is 0 Å². The first-order chi connectivity index (χ1) is 8.77. The van der Waals surface area contributed by atoms with Gasteiger partial charge in [0.25, 0.3) is 0 Å². The van der Waals surface area contributed by atoms with Crippen molar-refractivity contribution >= 4 is 11.8 Å². The predicted octanol–water partition coefficient (Wildman–Crippen LogP) is 2.70. The second-order valence-electron chi connectivity index (χ2n) is 4.79. The van der Waals surface area contributed by atoms with Gasteiger partial charge < -0.3 is 10.4 Å². The Bertz CT molecular complexity index is 401. The summed E-state index contributed by atoms with van der Waals surface area (Å²) < 4.78 is 0. The first-order valence-electron chi connectivity index (χ1n) is 6.59. The average molecular weight is 249 g/mol. The zero-order valence-electron chi connectivity index (χ0n) is 10.4. The van der Waals surface area contributed by atoms with Crippen molar-refractivity contribution in [3.8, 4) is 0 Å². The second-order valence-corrected chi connectivity index (χ2v) is 4.79. The molecule has 2 N–H and O–H groups in total. The number of carbonyl (C=O) groups is 1. The van der Waals surface area contributed by atoms with Crippen molar-refractivity contribution in [3.63, 3.8) is 0 Å². The summed E-state index contributed by atoms with van der Waals surface area (Å²) in [7, 11) is 0. The lowest BCUT2D eigenvalue weighted by Crippen LogP contribution is -2.23. The minimum atomic E-state index is -0.960. The molecule has 0 spiro atoms. The number of aromatic carboxylic acids is 1. The minimum Gasteiger partial charge on any atom is -0.478 e. The highest BCUT2D eigenvalue weighted by Crippen LogP contribution is 2.21. The first kappa shape index (κ1) is 12.8. The van der Waals surface area contributed by atoms with Crippen LogP contribution in [-0.2, 0) is 0 Å². The quantitative estimate of drug-likeness (QED) is 0.861. The maximum atomic E-state index is 11.1. The molecule has 1 heterocycles. The molecule has 1 aliphatic carbocycles. The van der Waals surface area contributed by atoms with Gasteiger partial charge in [0.05, 0.1) is 6.20 Å². The smallest absolute Gasteiger partial charge is 0.339 e. The van der Waals surface area contributed by atoms with Crippen LogP contribution in [0, 0.1) is 0 Å². The molecule has 5 heteroatoms. The third kappa shape index (κ3) is 3.42. The van der Waals surface area contributed by atoms with Gasteiger partial charge in [0.15, 0.2) is 5.82 Å². The summed E-state index contributed by atoms with van der Waals surface area (Å²) in [5.74, 6) is -0.561. The molecule has 1 aromatic heterocycles. The monoisotopic (exact) mass is 249 g/mol. The average Bonchev–Trinajstić information content (AvgIpc) is 2.33. The molecular weight excluding hydrogens is 230 g/mol. The Balaban J connectivity index is 2.05. The van der Waals surface area contributed by atoms with Gasteiger partial charge in [-0.05, 0) is 18.9 Å². The summed E-state index contributed by atoms with van der Waals surface area (Å²) in [6.07, 6.45) is 9.81. The lowest BCUT2D eigenvalue weighted by molar-refractivity contribution is 0.0697. The van der Waals surface area contributed by atoms with Crippen molar-refractivity contribution in [1.29, 1.82) is 0 Å². The van der Waals surface area contributed by atoms with Gasteiger partial charge >= 0.3 is 5.97 Å². The Labute approximate surface area is 107 Å². The number of carboxylic acid groups (broad SMARTS) is 1. The largest absolute Gasteiger partial charge is 0.478 e. The van der Waals surface area contributed by atoms with Gasteiger partial charge in [-0.2, -0.15) is 5.10 Å². The molecule has 1 aromatic rings. The van der Waals surface area contributed by atoms with E-state index >= 15 is 0 Å². The number of hydrogen-bond acceptors (Lipinski definition) is 4. The topological polar surface area (TPSA) is 75.1 Å². The number of carboxylic acids is 1. The molecule has 0 aromatic carbocycles. The molecule has 1 fully saturated rings. The van der Waals surface area contributed by atoms with E-state index < -0.39 is 5.97 Å². The van der Waals surface area contributed by atoms with Gasteiger partial charge in [-0.3, -0.25) is 0 Å². The van der Waals surface area contributed by atoms with Crippen LogP contribution in [0.3, 0.4) is 0 Å². The number of nitrogens with one attached hydrogen (secondary N) is 1. The highest BCUT2D eigenvalue weighted by atomic mass is 16.4. The summed E-state index contributed by atoms with van der Waals surface area (Å²) in [6, 6.07) is 1.81. The molecule has 0 aliphatic heterocycles. The summed E-state index contributed by atoms with van der Waals surface area (Å²) >= 11 is 0. The van der Waals surface area contributed by atoms with Gasteiger partial charge in [-0.1, -0.05) is 32.1 Å². The van der Waals surface area contributed by atoms with Crippen LogP contribution in [0.2, 0.25) is 0 Å². The minimum absolute atomic E-state index is 0.201. The molecule has 18 heavy (non-hydrogen) atoms. The van der Waals surface area contributed by atoms with Crippen LogP contribution in [0.25, 0.3) is 0 Å². The third-order valence-electron chi connectivity index (χ3n) is 3.40. The first-order valence-corrected chi connectivity index (χ1v) is 6.59. The maximum absolute atomic E-state index is 11.1. The molecule has 2 rings (SSSR count). The molecule has 1 aliphatic rings. The van der Waals surface area contributed by atoms with E-state index in [1.807, 2.05) is 0 Å². The van der Waals surface area contributed by atoms with Crippen LogP contribution in [-0.4, -0.2) is 27.3 Å². The fraction of sp³-hybridized carbons (Fsp3) is 0.615. The van der Waals surface area contributed by atoms with Crippen LogP contribution < -0.4 is 5.32 Å². The van der Waals surface area contributed by atoms with Crippen molar-refractivity contribution in [2.75, 3.05) is 5.32 Å². The number of rotatable bonds is 3. The molecule has 1 saturated carbocycles. The molecule has 98 valence electrons.